The maximum absolute atomic E-state index is 5.18. The molecule has 0 saturated carbocycles. The van der Waals surface area contributed by atoms with Crippen molar-refractivity contribution >= 4 is 0 Å². The molecule has 0 bridgehead atoms. The zero-order valence-electron chi connectivity index (χ0n) is 6.92. The Hall–Kier alpha value is -0.120. The summed E-state index contributed by atoms with van der Waals surface area (Å²) in [5, 5.41) is 0. The molecule has 0 aromatic carbocycles. The summed E-state index contributed by atoms with van der Waals surface area (Å²) in [6, 6.07) is 0. The Morgan fingerprint density at radius 2 is 1.90 bits per heavy atom. The minimum absolute atomic E-state index is 0.178. The standard InChI is InChI=1S/C7H16O3/c1-7(9-3)6-10-5-4-8-2/h7H,4-6H2,1-3H3/t7-/m1/s1. The maximum Gasteiger partial charge on any atom is 0.0776 e. The number of methoxy groups -OCH3 is 2. The van der Waals surface area contributed by atoms with E-state index in [0.29, 0.717) is 19.8 Å². The third-order valence-electron chi connectivity index (χ3n) is 1.19. The van der Waals surface area contributed by atoms with E-state index in [1.165, 1.54) is 0 Å². The lowest BCUT2D eigenvalue weighted by molar-refractivity contribution is 0.000968. The monoisotopic (exact) mass is 148 g/mol. The molecule has 0 unspecified atom stereocenters. The second-order valence-corrected chi connectivity index (χ2v) is 2.11. The van der Waals surface area contributed by atoms with Crippen LogP contribution in [0.2, 0.25) is 0 Å². The summed E-state index contributed by atoms with van der Waals surface area (Å²) in [6.45, 7) is 3.90. The molecule has 1 atom stereocenters. The van der Waals surface area contributed by atoms with Crippen LogP contribution in [0.4, 0.5) is 0 Å². The van der Waals surface area contributed by atoms with Gasteiger partial charge in [0.15, 0.2) is 0 Å². The molecular formula is C7H16O3. The van der Waals surface area contributed by atoms with Crippen molar-refractivity contribution in [2.45, 2.75) is 13.0 Å². The van der Waals surface area contributed by atoms with Crippen LogP contribution in [0.15, 0.2) is 0 Å². The second-order valence-electron chi connectivity index (χ2n) is 2.11. The molecule has 0 amide bonds. The topological polar surface area (TPSA) is 27.7 Å². The molecule has 0 aromatic rings. The van der Waals surface area contributed by atoms with E-state index in [9.17, 15) is 0 Å². The van der Waals surface area contributed by atoms with E-state index in [1.54, 1.807) is 14.2 Å². The van der Waals surface area contributed by atoms with Crippen molar-refractivity contribution in [3.63, 3.8) is 0 Å². The van der Waals surface area contributed by atoms with E-state index in [2.05, 4.69) is 0 Å². The summed E-state index contributed by atoms with van der Waals surface area (Å²) in [4.78, 5) is 0. The average Bonchev–Trinajstić information content (AvgIpc) is 1.98. The Balaban J connectivity index is 2.89. The first-order valence-electron chi connectivity index (χ1n) is 3.40. The Morgan fingerprint density at radius 3 is 2.40 bits per heavy atom. The van der Waals surface area contributed by atoms with Gasteiger partial charge in [-0.2, -0.15) is 0 Å². The number of hydrogen-bond acceptors (Lipinski definition) is 3. The molecule has 0 heterocycles. The van der Waals surface area contributed by atoms with Gasteiger partial charge >= 0.3 is 0 Å². The van der Waals surface area contributed by atoms with Crippen LogP contribution in [0, 0.1) is 0 Å². The predicted molar refractivity (Wildman–Crippen MR) is 39.2 cm³/mol. The van der Waals surface area contributed by atoms with Crippen LogP contribution in [0.3, 0.4) is 0 Å². The van der Waals surface area contributed by atoms with Crippen molar-refractivity contribution in [2.75, 3.05) is 34.0 Å². The van der Waals surface area contributed by atoms with Gasteiger partial charge in [0.05, 0.1) is 25.9 Å². The Morgan fingerprint density at radius 1 is 1.20 bits per heavy atom. The van der Waals surface area contributed by atoms with Gasteiger partial charge in [0.2, 0.25) is 0 Å². The van der Waals surface area contributed by atoms with Crippen LogP contribution < -0.4 is 0 Å². The molecule has 0 aliphatic heterocycles. The zero-order valence-corrected chi connectivity index (χ0v) is 6.92. The van der Waals surface area contributed by atoms with E-state index in [-0.39, 0.29) is 6.10 Å². The van der Waals surface area contributed by atoms with Gasteiger partial charge in [-0.3, -0.25) is 0 Å². The molecule has 0 aromatic heterocycles. The summed E-state index contributed by atoms with van der Waals surface area (Å²) in [7, 11) is 3.33. The highest BCUT2D eigenvalue weighted by Gasteiger charge is 1.96. The first-order valence-corrected chi connectivity index (χ1v) is 3.40. The van der Waals surface area contributed by atoms with Gasteiger partial charge < -0.3 is 14.2 Å². The predicted octanol–water partition coefficient (Wildman–Crippen LogP) is 0.684. The normalized spacial score (nSPS) is 13.5. The number of hydrogen-bond donors (Lipinski definition) is 0. The summed E-state index contributed by atoms with van der Waals surface area (Å²) in [6.07, 6.45) is 0.178. The molecule has 0 aliphatic carbocycles. The van der Waals surface area contributed by atoms with Gasteiger partial charge in [0.1, 0.15) is 0 Å². The lowest BCUT2D eigenvalue weighted by atomic mass is 10.4. The maximum atomic E-state index is 5.18. The lowest BCUT2D eigenvalue weighted by Gasteiger charge is -2.08. The van der Waals surface area contributed by atoms with Crippen molar-refractivity contribution in [1.29, 1.82) is 0 Å². The summed E-state index contributed by atoms with van der Waals surface area (Å²) < 4.78 is 14.9. The van der Waals surface area contributed by atoms with Gasteiger partial charge in [0, 0.05) is 14.2 Å². The summed E-state index contributed by atoms with van der Waals surface area (Å²) in [5.41, 5.74) is 0. The minimum Gasteiger partial charge on any atom is -0.382 e. The van der Waals surface area contributed by atoms with Gasteiger partial charge in [-0.1, -0.05) is 0 Å². The smallest absolute Gasteiger partial charge is 0.0776 e. The molecule has 10 heavy (non-hydrogen) atoms. The van der Waals surface area contributed by atoms with E-state index >= 15 is 0 Å². The van der Waals surface area contributed by atoms with Crippen molar-refractivity contribution in [3.05, 3.63) is 0 Å². The zero-order chi connectivity index (χ0) is 7.82. The minimum atomic E-state index is 0.178. The fourth-order valence-electron chi connectivity index (χ4n) is 0.460. The first kappa shape index (κ1) is 9.88. The SMILES string of the molecule is COCCOC[C@@H](C)OC. The van der Waals surface area contributed by atoms with Crippen LogP contribution in [-0.4, -0.2) is 40.1 Å². The Bertz CT molecular complexity index is 65.9. The molecule has 62 valence electrons. The highest BCUT2D eigenvalue weighted by Crippen LogP contribution is 1.87. The summed E-state index contributed by atoms with van der Waals surface area (Å²) >= 11 is 0. The van der Waals surface area contributed by atoms with Gasteiger partial charge in [-0.25, -0.2) is 0 Å². The van der Waals surface area contributed by atoms with Crippen LogP contribution in [0.1, 0.15) is 6.92 Å². The van der Waals surface area contributed by atoms with Crippen LogP contribution in [-0.2, 0) is 14.2 Å². The van der Waals surface area contributed by atoms with E-state index in [1.807, 2.05) is 6.92 Å². The Kier molecular flexibility index (Phi) is 6.91. The quantitative estimate of drug-likeness (QED) is 0.518. The summed E-state index contributed by atoms with van der Waals surface area (Å²) in [5.74, 6) is 0. The second kappa shape index (κ2) is 6.99. The fraction of sp³-hybridized carbons (Fsp3) is 1.00. The van der Waals surface area contributed by atoms with Crippen molar-refractivity contribution in [2.24, 2.45) is 0 Å². The van der Waals surface area contributed by atoms with Crippen molar-refractivity contribution in [3.8, 4) is 0 Å². The molecule has 0 radical (unpaired) electrons. The number of ether oxygens (including phenoxy) is 3. The largest absolute Gasteiger partial charge is 0.382 e. The Labute approximate surface area is 62.3 Å². The molecule has 0 saturated heterocycles. The van der Waals surface area contributed by atoms with Crippen molar-refractivity contribution in [1.82, 2.24) is 0 Å². The van der Waals surface area contributed by atoms with Gasteiger partial charge in [0.25, 0.3) is 0 Å². The van der Waals surface area contributed by atoms with Gasteiger partial charge in [-0.05, 0) is 6.92 Å². The fourth-order valence-corrected chi connectivity index (χ4v) is 0.460. The first-order chi connectivity index (χ1) is 4.81. The van der Waals surface area contributed by atoms with Crippen LogP contribution >= 0.6 is 0 Å². The molecule has 3 nitrogen and oxygen atoms in total. The number of rotatable bonds is 6. The van der Waals surface area contributed by atoms with E-state index in [4.69, 9.17) is 14.2 Å². The molecule has 0 N–H and O–H groups in total. The molecule has 0 rings (SSSR count). The highest BCUT2D eigenvalue weighted by atomic mass is 16.5. The van der Waals surface area contributed by atoms with Gasteiger partial charge in [-0.15, -0.1) is 0 Å². The van der Waals surface area contributed by atoms with Crippen LogP contribution in [0.25, 0.3) is 0 Å². The van der Waals surface area contributed by atoms with Crippen molar-refractivity contribution < 1.29 is 14.2 Å². The third kappa shape index (κ3) is 6.01. The molecule has 3 heteroatoms. The molecule has 0 aliphatic rings. The van der Waals surface area contributed by atoms with E-state index < -0.39 is 0 Å². The molecular weight excluding hydrogens is 132 g/mol. The molecule has 0 spiro atoms. The third-order valence-corrected chi connectivity index (χ3v) is 1.19. The highest BCUT2D eigenvalue weighted by molar-refractivity contribution is 4.43. The lowest BCUT2D eigenvalue weighted by Crippen LogP contribution is -2.15. The van der Waals surface area contributed by atoms with E-state index in [0.717, 1.165) is 0 Å². The average molecular weight is 148 g/mol. The van der Waals surface area contributed by atoms with Crippen LogP contribution in [0.5, 0.6) is 0 Å². The molecule has 0 fully saturated rings.